The van der Waals surface area contributed by atoms with Gasteiger partial charge in [-0.15, -0.1) is 10.2 Å². The van der Waals surface area contributed by atoms with Crippen LogP contribution in [-0.2, 0) is 17.0 Å². The maximum absolute atomic E-state index is 9.82. The monoisotopic (exact) mass is 471 g/mol. The van der Waals surface area contributed by atoms with E-state index in [4.69, 9.17) is 4.74 Å². The minimum atomic E-state index is 0.550. The number of nitrogens with zero attached hydrogens (tertiary/aromatic N) is 7. The van der Waals surface area contributed by atoms with Crippen LogP contribution in [0.1, 0.15) is 22.5 Å². The first-order valence-electron chi connectivity index (χ1n) is 11.2. The first-order chi connectivity index (χ1) is 16.7. The highest BCUT2D eigenvalue weighted by Crippen LogP contribution is 2.29. The Morgan fingerprint density at radius 3 is 2.41 bits per heavy atom. The topological polar surface area (TPSA) is 84.8 Å². The number of morpholine rings is 1. The lowest BCUT2D eigenvalue weighted by Gasteiger charge is -2.28. The molecule has 172 valence electrons. The molecule has 2 aromatic carbocycles. The molecule has 0 N–H and O–H groups in total. The standard InChI is InChI=1S/C25H25N7OS/c1-19-22(16-26)23(32(29-19)21-10-6-3-7-11-21)18-34-25-28-27-24(30-12-14-33-15-13-30)31(25)17-20-8-4-2-5-9-20/h2-11H,12-15,17-18H2,1H3. The Bertz CT molecular complexity index is 1290. The van der Waals surface area contributed by atoms with E-state index in [1.165, 1.54) is 5.56 Å². The van der Waals surface area contributed by atoms with Crippen molar-refractivity contribution in [2.45, 2.75) is 24.4 Å². The van der Waals surface area contributed by atoms with Crippen molar-refractivity contribution in [2.75, 3.05) is 31.2 Å². The molecule has 0 bridgehead atoms. The van der Waals surface area contributed by atoms with Gasteiger partial charge in [0.05, 0.1) is 42.4 Å². The number of rotatable bonds is 7. The second-order valence-electron chi connectivity index (χ2n) is 8.01. The second kappa shape index (κ2) is 10.1. The molecule has 1 aliphatic heterocycles. The number of nitriles is 1. The van der Waals surface area contributed by atoms with Gasteiger partial charge in [-0.25, -0.2) is 4.68 Å². The number of hydrogen-bond donors (Lipinski definition) is 0. The van der Waals surface area contributed by atoms with E-state index < -0.39 is 0 Å². The van der Waals surface area contributed by atoms with Crippen molar-refractivity contribution in [1.82, 2.24) is 24.5 Å². The van der Waals surface area contributed by atoms with Gasteiger partial charge in [0.15, 0.2) is 5.16 Å². The van der Waals surface area contributed by atoms with Gasteiger partial charge < -0.3 is 9.64 Å². The predicted molar refractivity (Wildman–Crippen MR) is 131 cm³/mol. The van der Waals surface area contributed by atoms with Crippen LogP contribution in [0.4, 0.5) is 5.95 Å². The van der Waals surface area contributed by atoms with E-state index in [-0.39, 0.29) is 0 Å². The molecule has 3 heterocycles. The number of thioether (sulfide) groups is 1. The average Bonchev–Trinajstić information content (AvgIpc) is 3.44. The summed E-state index contributed by atoms with van der Waals surface area (Å²) in [6, 6.07) is 22.6. The maximum atomic E-state index is 9.82. The summed E-state index contributed by atoms with van der Waals surface area (Å²) >= 11 is 1.58. The molecule has 4 aromatic rings. The zero-order valence-corrected chi connectivity index (χ0v) is 19.8. The number of aryl methyl sites for hydroxylation is 1. The first-order valence-corrected chi connectivity index (χ1v) is 12.2. The highest BCUT2D eigenvalue weighted by atomic mass is 32.2. The summed E-state index contributed by atoms with van der Waals surface area (Å²) in [6.45, 7) is 5.49. The molecule has 0 amide bonds. The van der Waals surface area contributed by atoms with E-state index >= 15 is 0 Å². The third-order valence-corrected chi connectivity index (χ3v) is 6.76. The second-order valence-corrected chi connectivity index (χ2v) is 8.95. The molecule has 2 aromatic heterocycles. The minimum Gasteiger partial charge on any atom is -0.378 e. The quantitative estimate of drug-likeness (QED) is 0.379. The van der Waals surface area contributed by atoms with Crippen molar-refractivity contribution in [3.05, 3.63) is 83.2 Å². The van der Waals surface area contributed by atoms with Crippen molar-refractivity contribution in [1.29, 1.82) is 5.26 Å². The van der Waals surface area contributed by atoms with Crippen LogP contribution in [0.3, 0.4) is 0 Å². The van der Waals surface area contributed by atoms with Gasteiger partial charge in [0.2, 0.25) is 5.95 Å². The summed E-state index contributed by atoms with van der Waals surface area (Å²) in [5.41, 5.74) is 4.31. The van der Waals surface area contributed by atoms with Crippen molar-refractivity contribution in [3.8, 4) is 11.8 Å². The molecule has 0 atom stereocenters. The molecule has 0 unspecified atom stereocenters. The highest BCUT2D eigenvalue weighted by molar-refractivity contribution is 7.98. The molecule has 0 radical (unpaired) electrons. The Morgan fingerprint density at radius 2 is 1.71 bits per heavy atom. The zero-order chi connectivity index (χ0) is 23.3. The van der Waals surface area contributed by atoms with E-state index in [0.29, 0.717) is 31.1 Å². The molecular formula is C25H25N7OS. The van der Waals surface area contributed by atoms with E-state index in [0.717, 1.165) is 41.3 Å². The molecule has 0 aliphatic carbocycles. The molecule has 0 saturated carbocycles. The molecule has 9 heteroatoms. The number of hydrogen-bond acceptors (Lipinski definition) is 7. The third-order valence-electron chi connectivity index (χ3n) is 5.78. The van der Waals surface area contributed by atoms with Gasteiger partial charge in [-0.3, -0.25) is 4.57 Å². The normalized spacial score (nSPS) is 13.7. The van der Waals surface area contributed by atoms with E-state index in [2.05, 4.69) is 43.0 Å². The summed E-state index contributed by atoms with van der Waals surface area (Å²) in [5.74, 6) is 1.40. The molecule has 0 spiro atoms. The van der Waals surface area contributed by atoms with Crippen molar-refractivity contribution >= 4 is 17.7 Å². The molecule has 1 aliphatic rings. The highest BCUT2D eigenvalue weighted by Gasteiger charge is 2.23. The van der Waals surface area contributed by atoms with Crippen LogP contribution < -0.4 is 4.90 Å². The van der Waals surface area contributed by atoms with Gasteiger partial charge in [-0.05, 0) is 24.6 Å². The lowest BCUT2D eigenvalue weighted by Crippen LogP contribution is -2.38. The van der Waals surface area contributed by atoms with Crippen molar-refractivity contribution in [2.24, 2.45) is 0 Å². The fourth-order valence-electron chi connectivity index (χ4n) is 4.06. The average molecular weight is 472 g/mol. The van der Waals surface area contributed by atoms with Crippen LogP contribution in [0.25, 0.3) is 5.69 Å². The number of anilines is 1. The van der Waals surface area contributed by atoms with Gasteiger partial charge in [0.1, 0.15) is 6.07 Å². The number of para-hydroxylation sites is 1. The zero-order valence-electron chi connectivity index (χ0n) is 19.0. The summed E-state index contributed by atoms with van der Waals surface area (Å²) < 4.78 is 9.55. The Kier molecular flexibility index (Phi) is 6.60. The van der Waals surface area contributed by atoms with E-state index in [1.807, 2.05) is 60.1 Å². The SMILES string of the molecule is Cc1nn(-c2ccccc2)c(CSc2nnc(N3CCOCC3)n2Cc2ccccc2)c1C#N. The molecule has 5 rings (SSSR count). The molecule has 8 nitrogen and oxygen atoms in total. The van der Waals surface area contributed by atoms with E-state index in [9.17, 15) is 5.26 Å². The summed E-state index contributed by atoms with van der Waals surface area (Å²) in [7, 11) is 0. The maximum Gasteiger partial charge on any atom is 0.228 e. The van der Waals surface area contributed by atoms with Crippen LogP contribution in [-0.4, -0.2) is 50.8 Å². The fraction of sp³-hybridized carbons (Fsp3) is 0.280. The van der Waals surface area contributed by atoms with Gasteiger partial charge in [0.25, 0.3) is 0 Å². The largest absolute Gasteiger partial charge is 0.378 e. The minimum absolute atomic E-state index is 0.550. The summed E-state index contributed by atoms with van der Waals surface area (Å²) in [4.78, 5) is 2.22. The summed E-state index contributed by atoms with van der Waals surface area (Å²) in [6.07, 6.45) is 0. The van der Waals surface area contributed by atoms with Crippen LogP contribution in [0.15, 0.2) is 65.8 Å². The predicted octanol–water partition coefficient (Wildman–Crippen LogP) is 3.82. The third kappa shape index (κ3) is 4.55. The lowest BCUT2D eigenvalue weighted by atomic mass is 10.2. The Labute approximate surface area is 202 Å². The van der Waals surface area contributed by atoms with Gasteiger partial charge >= 0.3 is 0 Å². The number of benzene rings is 2. The number of ether oxygens (including phenoxy) is 1. The molecule has 1 fully saturated rings. The Morgan fingerprint density at radius 1 is 1.00 bits per heavy atom. The first kappa shape index (κ1) is 22.2. The fourth-order valence-corrected chi connectivity index (χ4v) is 4.99. The van der Waals surface area contributed by atoms with Crippen molar-refractivity contribution in [3.63, 3.8) is 0 Å². The molecule has 34 heavy (non-hydrogen) atoms. The number of aromatic nitrogens is 5. The summed E-state index contributed by atoms with van der Waals surface area (Å²) in [5, 5.41) is 24.4. The van der Waals surface area contributed by atoms with Crippen LogP contribution in [0.5, 0.6) is 0 Å². The van der Waals surface area contributed by atoms with Crippen molar-refractivity contribution < 1.29 is 4.74 Å². The van der Waals surface area contributed by atoms with Gasteiger partial charge in [0, 0.05) is 18.8 Å². The van der Waals surface area contributed by atoms with E-state index in [1.54, 1.807) is 11.8 Å². The van der Waals surface area contributed by atoms with Gasteiger partial charge in [-0.1, -0.05) is 60.3 Å². The van der Waals surface area contributed by atoms with Crippen LogP contribution in [0, 0.1) is 18.3 Å². The van der Waals surface area contributed by atoms with Gasteiger partial charge in [-0.2, -0.15) is 10.4 Å². The Balaban J connectivity index is 1.47. The molecule has 1 saturated heterocycles. The van der Waals surface area contributed by atoms with Crippen LogP contribution in [0.2, 0.25) is 0 Å². The van der Waals surface area contributed by atoms with Crippen LogP contribution >= 0.6 is 11.8 Å². The Hall–Kier alpha value is -3.61. The smallest absolute Gasteiger partial charge is 0.228 e. The molecular weight excluding hydrogens is 446 g/mol. The lowest BCUT2D eigenvalue weighted by molar-refractivity contribution is 0.121.